The van der Waals surface area contributed by atoms with Crippen molar-refractivity contribution in [2.75, 3.05) is 40.4 Å². The first-order valence-corrected chi connectivity index (χ1v) is 4.69. The van der Waals surface area contributed by atoms with Gasteiger partial charge in [0.2, 0.25) is 5.91 Å². The summed E-state index contributed by atoms with van der Waals surface area (Å²) in [5.74, 6) is 0.729. The molecule has 0 aromatic rings. The number of hydrogen-bond acceptors (Lipinski definition) is 3. The van der Waals surface area contributed by atoms with Crippen molar-refractivity contribution in [3.63, 3.8) is 0 Å². The molecule has 1 N–H and O–H groups in total. The lowest BCUT2D eigenvalue weighted by Gasteiger charge is -2.15. The van der Waals surface area contributed by atoms with Crippen molar-refractivity contribution in [1.82, 2.24) is 10.2 Å². The molecule has 1 aliphatic heterocycles. The number of nitrogens with zero attached hydrogens (tertiary/aromatic N) is 1. The Bertz CT molecular complexity index is 173. The van der Waals surface area contributed by atoms with Crippen molar-refractivity contribution >= 4 is 5.91 Å². The predicted molar refractivity (Wildman–Crippen MR) is 50.5 cm³/mol. The van der Waals surface area contributed by atoms with Gasteiger partial charge in [0.15, 0.2) is 0 Å². The van der Waals surface area contributed by atoms with Crippen molar-refractivity contribution in [2.45, 2.75) is 6.42 Å². The van der Waals surface area contributed by atoms with Crippen LogP contribution in [0.3, 0.4) is 0 Å². The van der Waals surface area contributed by atoms with Crippen LogP contribution in [0, 0.1) is 5.92 Å². The zero-order valence-electron chi connectivity index (χ0n) is 8.38. The topological polar surface area (TPSA) is 41.6 Å². The number of carbonyl (C=O) groups excluding carboxylic acids is 1. The van der Waals surface area contributed by atoms with Gasteiger partial charge < -0.3 is 15.0 Å². The van der Waals surface area contributed by atoms with Crippen LogP contribution in [0.25, 0.3) is 0 Å². The standard InChI is InChI=1S/C9H18N2O2/c1-10-5-8-3-4-11(6-8)9(12)7-13-2/h8,10H,3-7H2,1-2H3. The fourth-order valence-electron chi connectivity index (χ4n) is 1.73. The Morgan fingerprint density at radius 3 is 3.08 bits per heavy atom. The van der Waals surface area contributed by atoms with Gasteiger partial charge >= 0.3 is 0 Å². The van der Waals surface area contributed by atoms with E-state index in [1.807, 2.05) is 11.9 Å². The maximum Gasteiger partial charge on any atom is 0.248 e. The molecule has 4 heteroatoms. The number of rotatable bonds is 4. The third-order valence-corrected chi connectivity index (χ3v) is 2.40. The third-order valence-electron chi connectivity index (χ3n) is 2.40. The van der Waals surface area contributed by atoms with Gasteiger partial charge in [-0.2, -0.15) is 0 Å². The smallest absolute Gasteiger partial charge is 0.248 e. The van der Waals surface area contributed by atoms with E-state index in [9.17, 15) is 4.79 Å². The molecule has 4 nitrogen and oxygen atoms in total. The van der Waals surface area contributed by atoms with E-state index in [0.29, 0.717) is 5.92 Å². The van der Waals surface area contributed by atoms with Gasteiger partial charge in [-0.15, -0.1) is 0 Å². The van der Waals surface area contributed by atoms with Gasteiger partial charge in [-0.05, 0) is 25.9 Å². The number of likely N-dealkylation sites (tertiary alicyclic amines) is 1. The fraction of sp³-hybridized carbons (Fsp3) is 0.889. The van der Waals surface area contributed by atoms with Gasteiger partial charge in [0, 0.05) is 20.2 Å². The maximum atomic E-state index is 11.4. The van der Waals surface area contributed by atoms with Crippen molar-refractivity contribution in [3.8, 4) is 0 Å². The maximum absolute atomic E-state index is 11.4. The van der Waals surface area contributed by atoms with Gasteiger partial charge in [0.05, 0.1) is 0 Å². The molecule has 1 fully saturated rings. The molecular weight excluding hydrogens is 168 g/mol. The molecule has 1 atom stereocenters. The van der Waals surface area contributed by atoms with E-state index in [2.05, 4.69) is 5.32 Å². The minimum Gasteiger partial charge on any atom is -0.375 e. The summed E-state index contributed by atoms with van der Waals surface area (Å²) in [6.07, 6.45) is 1.11. The average Bonchev–Trinajstić information content (AvgIpc) is 2.54. The highest BCUT2D eigenvalue weighted by molar-refractivity contribution is 5.77. The lowest BCUT2D eigenvalue weighted by atomic mass is 10.1. The summed E-state index contributed by atoms with van der Waals surface area (Å²) in [6, 6.07) is 0. The second-order valence-electron chi connectivity index (χ2n) is 3.49. The Morgan fingerprint density at radius 2 is 2.46 bits per heavy atom. The first kappa shape index (κ1) is 10.5. The molecule has 1 unspecified atom stereocenters. The first-order valence-electron chi connectivity index (χ1n) is 4.69. The normalized spacial score (nSPS) is 22.3. The second kappa shape index (κ2) is 5.19. The van der Waals surface area contributed by atoms with Gasteiger partial charge in [0.1, 0.15) is 6.61 Å². The highest BCUT2D eigenvalue weighted by atomic mass is 16.5. The molecule has 76 valence electrons. The van der Waals surface area contributed by atoms with Crippen LogP contribution in [0.1, 0.15) is 6.42 Å². The van der Waals surface area contributed by atoms with Gasteiger partial charge in [-0.1, -0.05) is 0 Å². The highest BCUT2D eigenvalue weighted by Gasteiger charge is 2.24. The lowest BCUT2D eigenvalue weighted by molar-refractivity contribution is -0.134. The molecule has 0 aliphatic carbocycles. The highest BCUT2D eigenvalue weighted by Crippen LogP contribution is 2.14. The van der Waals surface area contributed by atoms with Crippen molar-refractivity contribution in [2.24, 2.45) is 5.92 Å². The summed E-state index contributed by atoms with van der Waals surface area (Å²) in [6.45, 7) is 2.97. The Hall–Kier alpha value is -0.610. The van der Waals surface area contributed by atoms with Gasteiger partial charge in [-0.25, -0.2) is 0 Å². The molecule has 13 heavy (non-hydrogen) atoms. The van der Waals surface area contributed by atoms with Crippen LogP contribution in [0.15, 0.2) is 0 Å². The van der Waals surface area contributed by atoms with E-state index in [1.165, 1.54) is 0 Å². The molecule has 0 spiro atoms. The van der Waals surface area contributed by atoms with E-state index >= 15 is 0 Å². The van der Waals surface area contributed by atoms with Crippen molar-refractivity contribution < 1.29 is 9.53 Å². The van der Waals surface area contributed by atoms with E-state index in [-0.39, 0.29) is 12.5 Å². The molecule has 1 amide bonds. The summed E-state index contributed by atoms with van der Waals surface area (Å²) >= 11 is 0. The molecule has 0 aromatic heterocycles. The summed E-state index contributed by atoms with van der Waals surface area (Å²) in [5.41, 5.74) is 0. The Labute approximate surface area is 79.2 Å². The Kier molecular flexibility index (Phi) is 4.18. The SMILES string of the molecule is CNCC1CCN(C(=O)COC)C1. The van der Waals surface area contributed by atoms with Crippen LogP contribution >= 0.6 is 0 Å². The second-order valence-corrected chi connectivity index (χ2v) is 3.49. The number of amides is 1. The van der Waals surface area contributed by atoms with Gasteiger partial charge in [0.25, 0.3) is 0 Å². The van der Waals surface area contributed by atoms with Crippen LogP contribution in [-0.4, -0.2) is 51.2 Å². The quantitative estimate of drug-likeness (QED) is 0.655. The number of carbonyl (C=O) groups is 1. The molecule has 1 aliphatic rings. The van der Waals surface area contributed by atoms with E-state index in [4.69, 9.17) is 4.74 Å². The zero-order valence-corrected chi connectivity index (χ0v) is 8.38. The van der Waals surface area contributed by atoms with E-state index in [1.54, 1.807) is 7.11 Å². The monoisotopic (exact) mass is 186 g/mol. The molecule has 0 bridgehead atoms. The predicted octanol–water partition coefficient (Wildman–Crippen LogP) is -0.299. The van der Waals surface area contributed by atoms with Crippen LogP contribution in [0.4, 0.5) is 0 Å². The Morgan fingerprint density at radius 1 is 1.69 bits per heavy atom. The van der Waals surface area contributed by atoms with Crippen molar-refractivity contribution in [3.05, 3.63) is 0 Å². The first-order chi connectivity index (χ1) is 6.27. The summed E-state index contributed by atoms with van der Waals surface area (Å²) in [7, 11) is 3.50. The Balaban J connectivity index is 2.27. The third kappa shape index (κ3) is 2.97. The molecule has 1 heterocycles. The minimum atomic E-state index is 0.112. The number of nitrogens with one attached hydrogen (secondary N) is 1. The van der Waals surface area contributed by atoms with Crippen LogP contribution in [0.2, 0.25) is 0 Å². The number of hydrogen-bond donors (Lipinski definition) is 1. The van der Waals surface area contributed by atoms with E-state index in [0.717, 1.165) is 26.1 Å². The van der Waals surface area contributed by atoms with E-state index < -0.39 is 0 Å². The number of ether oxygens (including phenoxy) is 1. The molecule has 0 aromatic carbocycles. The molecule has 1 rings (SSSR count). The van der Waals surface area contributed by atoms with Crippen LogP contribution < -0.4 is 5.32 Å². The molecule has 0 radical (unpaired) electrons. The zero-order chi connectivity index (χ0) is 9.68. The molecule has 0 saturated carbocycles. The lowest BCUT2D eigenvalue weighted by Crippen LogP contribution is -2.32. The van der Waals surface area contributed by atoms with Crippen LogP contribution in [0.5, 0.6) is 0 Å². The average molecular weight is 186 g/mol. The largest absolute Gasteiger partial charge is 0.375 e. The summed E-state index contributed by atoms with van der Waals surface area (Å²) in [4.78, 5) is 13.3. The van der Waals surface area contributed by atoms with Crippen LogP contribution in [-0.2, 0) is 9.53 Å². The summed E-state index contributed by atoms with van der Waals surface area (Å²) in [5, 5.41) is 3.13. The minimum absolute atomic E-state index is 0.112. The molecule has 1 saturated heterocycles. The fourth-order valence-corrected chi connectivity index (χ4v) is 1.73. The number of methoxy groups -OCH3 is 1. The summed E-state index contributed by atoms with van der Waals surface area (Å²) < 4.78 is 4.80. The van der Waals surface area contributed by atoms with Crippen molar-refractivity contribution in [1.29, 1.82) is 0 Å². The van der Waals surface area contributed by atoms with Gasteiger partial charge in [-0.3, -0.25) is 4.79 Å². The molecular formula is C9H18N2O2.